The number of carbonyl (C=O) groups excluding carboxylic acids is 2. The van der Waals surface area contributed by atoms with Gasteiger partial charge in [-0.15, -0.1) is 4.40 Å². The number of nitrogens with zero attached hydrogens (tertiary/aromatic N) is 2. The molecular formula is C23H25N3O7S. The first-order valence-corrected chi connectivity index (χ1v) is 12.1. The number of carbonyl (C=O) groups is 2. The van der Waals surface area contributed by atoms with Crippen molar-refractivity contribution in [1.82, 2.24) is 4.90 Å². The standard InChI is InChI=1S/C23H25N3O7S/c1-31-18-11-16(23(28)33-3)17(12-19(18)32-2)24-22(27)14-7-6-10-26(13-14)21-15-8-4-5-9-20(15)34(29,30)25-21/h4-5,8-9,11-12,14H,6-7,10,13H2,1-3H3,(H,24,27). The molecular weight excluding hydrogens is 462 g/mol. The number of amides is 1. The van der Waals surface area contributed by atoms with Crippen molar-refractivity contribution >= 4 is 33.4 Å². The average Bonchev–Trinajstić information content (AvgIpc) is 3.14. The van der Waals surface area contributed by atoms with Crippen LogP contribution >= 0.6 is 0 Å². The Morgan fingerprint density at radius 1 is 1.09 bits per heavy atom. The first-order chi connectivity index (χ1) is 16.3. The fourth-order valence-electron chi connectivity index (χ4n) is 4.20. The molecule has 34 heavy (non-hydrogen) atoms. The Morgan fingerprint density at radius 3 is 2.50 bits per heavy atom. The molecule has 1 atom stereocenters. The number of methoxy groups -OCH3 is 3. The lowest BCUT2D eigenvalue weighted by atomic mass is 9.96. The second kappa shape index (κ2) is 9.34. The molecule has 1 saturated heterocycles. The van der Waals surface area contributed by atoms with Crippen LogP contribution in [-0.2, 0) is 19.6 Å². The van der Waals surface area contributed by atoms with Crippen LogP contribution in [0.3, 0.4) is 0 Å². The Labute approximate surface area is 197 Å². The van der Waals surface area contributed by atoms with E-state index in [9.17, 15) is 18.0 Å². The zero-order chi connectivity index (χ0) is 24.5. The van der Waals surface area contributed by atoms with Gasteiger partial charge in [0.05, 0.1) is 38.5 Å². The quantitative estimate of drug-likeness (QED) is 0.637. The number of likely N-dealkylation sites (tertiary alicyclic amines) is 1. The highest BCUT2D eigenvalue weighted by Gasteiger charge is 2.35. The fraction of sp³-hybridized carbons (Fsp3) is 0.348. The molecule has 1 fully saturated rings. The van der Waals surface area contributed by atoms with Gasteiger partial charge in [-0.1, -0.05) is 12.1 Å². The zero-order valence-electron chi connectivity index (χ0n) is 19.0. The van der Waals surface area contributed by atoms with Crippen molar-refractivity contribution in [2.24, 2.45) is 10.3 Å². The van der Waals surface area contributed by atoms with Crippen LogP contribution in [0.4, 0.5) is 5.69 Å². The van der Waals surface area contributed by atoms with Crippen molar-refractivity contribution in [2.75, 3.05) is 39.7 Å². The molecule has 1 amide bonds. The van der Waals surface area contributed by atoms with Crippen molar-refractivity contribution in [3.63, 3.8) is 0 Å². The number of hydrogen-bond donors (Lipinski definition) is 1. The van der Waals surface area contributed by atoms with Crippen molar-refractivity contribution in [2.45, 2.75) is 17.7 Å². The first kappa shape index (κ1) is 23.6. The molecule has 0 saturated carbocycles. The number of benzene rings is 2. The Kier molecular flexibility index (Phi) is 6.47. The SMILES string of the molecule is COC(=O)c1cc(OC)c(OC)cc1NC(=O)C1CCCN(C2=NS(=O)(=O)c3ccccc32)C1. The monoisotopic (exact) mass is 487 g/mol. The molecule has 180 valence electrons. The molecule has 1 unspecified atom stereocenters. The summed E-state index contributed by atoms with van der Waals surface area (Å²) in [5.74, 6) is -0.373. The molecule has 2 aliphatic rings. The molecule has 10 nitrogen and oxygen atoms in total. The van der Waals surface area contributed by atoms with E-state index < -0.39 is 21.9 Å². The number of hydrogen-bond acceptors (Lipinski definition) is 8. The molecule has 4 rings (SSSR count). The summed E-state index contributed by atoms with van der Waals surface area (Å²) >= 11 is 0. The molecule has 2 aromatic rings. The lowest BCUT2D eigenvalue weighted by molar-refractivity contribution is -0.121. The van der Waals surface area contributed by atoms with Crippen LogP contribution in [0.5, 0.6) is 11.5 Å². The lowest BCUT2D eigenvalue weighted by Crippen LogP contribution is -2.43. The van der Waals surface area contributed by atoms with Crippen LogP contribution in [0, 0.1) is 5.92 Å². The predicted octanol–water partition coefficient (Wildman–Crippen LogP) is 2.29. The maximum atomic E-state index is 13.2. The Morgan fingerprint density at radius 2 is 1.79 bits per heavy atom. The minimum atomic E-state index is -3.75. The van der Waals surface area contributed by atoms with E-state index in [2.05, 4.69) is 9.71 Å². The van der Waals surface area contributed by atoms with Gasteiger partial charge >= 0.3 is 5.97 Å². The van der Waals surface area contributed by atoms with E-state index in [1.807, 2.05) is 4.90 Å². The number of esters is 1. The third-order valence-electron chi connectivity index (χ3n) is 5.89. The number of amidine groups is 1. The lowest BCUT2D eigenvalue weighted by Gasteiger charge is -2.33. The minimum Gasteiger partial charge on any atom is -0.493 e. The largest absolute Gasteiger partial charge is 0.493 e. The van der Waals surface area contributed by atoms with Gasteiger partial charge in [-0.3, -0.25) is 4.79 Å². The number of rotatable bonds is 5. The molecule has 0 radical (unpaired) electrons. The third kappa shape index (κ3) is 4.30. The Balaban J connectivity index is 1.58. The summed E-state index contributed by atoms with van der Waals surface area (Å²) in [7, 11) is 0.389. The minimum absolute atomic E-state index is 0.126. The second-order valence-corrected chi connectivity index (χ2v) is 9.48. The molecule has 11 heteroatoms. The maximum Gasteiger partial charge on any atom is 0.340 e. The molecule has 0 aromatic heterocycles. The predicted molar refractivity (Wildman–Crippen MR) is 124 cm³/mol. The highest BCUT2D eigenvalue weighted by molar-refractivity contribution is 7.90. The molecule has 0 bridgehead atoms. The van der Waals surface area contributed by atoms with Crippen LogP contribution in [0.15, 0.2) is 45.7 Å². The van der Waals surface area contributed by atoms with E-state index in [1.165, 1.54) is 39.5 Å². The maximum absolute atomic E-state index is 13.2. The third-order valence-corrected chi connectivity index (χ3v) is 7.22. The summed E-state index contributed by atoms with van der Waals surface area (Å²) in [6, 6.07) is 9.61. The summed E-state index contributed by atoms with van der Waals surface area (Å²) in [6.45, 7) is 0.867. The van der Waals surface area contributed by atoms with Crippen LogP contribution in [0.25, 0.3) is 0 Å². The second-order valence-electron chi connectivity index (χ2n) is 7.90. The summed E-state index contributed by atoms with van der Waals surface area (Å²) < 4.78 is 44.3. The van der Waals surface area contributed by atoms with Gasteiger partial charge in [0.25, 0.3) is 10.0 Å². The normalized spacial score (nSPS) is 18.5. The number of sulfonamides is 1. The summed E-state index contributed by atoms with van der Waals surface area (Å²) in [5.41, 5.74) is 0.899. The molecule has 0 aliphatic carbocycles. The average molecular weight is 488 g/mol. The topological polar surface area (TPSA) is 124 Å². The van der Waals surface area contributed by atoms with Gasteiger partial charge in [0.15, 0.2) is 17.3 Å². The van der Waals surface area contributed by atoms with Crippen LogP contribution < -0.4 is 14.8 Å². The highest BCUT2D eigenvalue weighted by Crippen LogP contribution is 2.35. The van der Waals surface area contributed by atoms with Gasteiger partial charge < -0.3 is 24.4 Å². The van der Waals surface area contributed by atoms with Crippen LogP contribution in [-0.4, -0.2) is 65.4 Å². The molecule has 2 heterocycles. The summed E-state index contributed by atoms with van der Waals surface area (Å²) in [4.78, 5) is 27.5. The smallest absolute Gasteiger partial charge is 0.340 e. The molecule has 0 spiro atoms. The van der Waals surface area contributed by atoms with E-state index in [4.69, 9.17) is 14.2 Å². The van der Waals surface area contributed by atoms with E-state index in [0.717, 1.165) is 0 Å². The van der Waals surface area contributed by atoms with Gasteiger partial charge in [0.1, 0.15) is 4.90 Å². The van der Waals surface area contributed by atoms with Crippen LogP contribution in [0.2, 0.25) is 0 Å². The number of fused-ring (bicyclic) bond motifs is 1. The van der Waals surface area contributed by atoms with E-state index in [0.29, 0.717) is 42.3 Å². The zero-order valence-corrected chi connectivity index (χ0v) is 19.8. The van der Waals surface area contributed by atoms with Crippen molar-refractivity contribution < 1.29 is 32.2 Å². The van der Waals surface area contributed by atoms with Crippen molar-refractivity contribution in [3.05, 3.63) is 47.5 Å². The van der Waals surface area contributed by atoms with Gasteiger partial charge in [-0.25, -0.2) is 4.79 Å². The van der Waals surface area contributed by atoms with Gasteiger partial charge in [0, 0.05) is 30.8 Å². The van der Waals surface area contributed by atoms with Crippen LogP contribution in [0.1, 0.15) is 28.8 Å². The number of anilines is 1. The van der Waals surface area contributed by atoms with Gasteiger partial charge in [-0.05, 0) is 25.0 Å². The van der Waals surface area contributed by atoms with Crippen molar-refractivity contribution in [3.8, 4) is 11.5 Å². The van der Waals surface area contributed by atoms with E-state index >= 15 is 0 Å². The first-order valence-electron chi connectivity index (χ1n) is 10.6. The Hall–Kier alpha value is -3.60. The number of ether oxygens (including phenoxy) is 3. The number of piperidine rings is 1. The molecule has 2 aliphatic heterocycles. The molecule has 2 aromatic carbocycles. The van der Waals surface area contributed by atoms with E-state index in [1.54, 1.807) is 18.2 Å². The van der Waals surface area contributed by atoms with Gasteiger partial charge in [0.2, 0.25) is 5.91 Å². The highest BCUT2D eigenvalue weighted by atomic mass is 32.2. The number of nitrogens with one attached hydrogen (secondary N) is 1. The summed E-state index contributed by atoms with van der Waals surface area (Å²) in [5, 5.41) is 2.81. The summed E-state index contributed by atoms with van der Waals surface area (Å²) in [6.07, 6.45) is 1.28. The van der Waals surface area contributed by atoms with Crippen molar-refractivity contribution in [1.29, 1.82) is 0 Å². The molecule has 1 N–H and O–H groups in total. The fourth-order valence-corrected chi connectivity index (χ4v) is 5.42. The van der Waals surface area contributed by atoms with E-state index in [-0.39, 0.29) is 28.6 Å². The van der Waals surface area contributed by atoms with Gasteiger partial charge in [-0.2, -0.15) is 8.42 Å². The Bertz CT molecular complexity index is 1270.